The quantitative estimate of drug-likeness (QED) is 0.698. The van der Waals surface area contributed by atoms with Crippen LogP contribution in [0.15, 0.2) is 18.2 Å². The summed E-state index contributed by atoms with van der Waals surface area (Å²) in [4.78, 5) is 14.6. The lowest BCUT2D eigenvalue weighted by Gasteiger charge is -2.24. The highest BCUT2D eigenvalue weighted by Gasteiger charge is 2.31. The monoisotopic (exact) mass is 426 g/mol. The van der Waals surface area contributed by atoms with E-state index in [0.717, 1.165) is 28.6 Å². The van der Waals surface area contributed by atoms with E-state index in [4.69, 9.17) is 11.6 Å². The van der Waals surface area contributed by atoms with Gasteiger partial charge in [-0.05, 0) is 60.1 Å². The third-order valence-corrected chi connectivity index (χ3v) is 5.15. The first kappa shape index (κ1) is 16.3. The lowest BCUT2D eigenvalue weighted by molar-refractivity contribution is 0.0747. The van der Waals surface area contributed by atoms with E-state index in [1.165, 1.54) is 12.8 Å². The third-order valence-electron chi connectivity index (χ3n) is 3.97. The van der Waals surface area contributed by atoms with Crippen molar-refractivity contribution < 1.29 is 4.79 Å². The van der Waals surface area contributed by atoms with Crippen LogP contribution < -0.4 is 5.32 Å². The van der Waals surface area contributed by atoms with Gasteiger partial charge in [-0.3, -0.25) is 4.79 Å². The summed E-state index contributed by atoms with van der Waals surface area (Å²) in [5.41, 5.74) is 0.728. The van der Waals surface area contributed by atoms with Crippen LogP contribution in [0.25, 0.3) is 0 Å². The van der Waals surface area contributed by atoms with E-state index in [1.54, 1.807) is 6.07 Å². The molecule has 2 aliphatic rings. The number of benzene rings is 1. The third kappa shape index (κ3) is 3.40. The van der Waals surface area contributed by atoms with Crippen LogP contribution >= 0.6 is 46.6 Å². The average molecular weight is 427 g/mol. The number of likely N-dealkylation sites (tertiary alicyclic amines) is 1. The Hall–Kier alpha value is -0.0400. The molecule has 3 nitrogen and oxygen atoms in total. The Morgan fingerprint density at radius 1 is 1.30 bits per heavy atom. The summed E-state index contributed by atoms with van der Waals surface area (Å²) in [6.07, 6.45) is 3.49. The van der Waals surface area contributed by atoms with Gasteiger partial charge in [0.15, 0.2) is 0 Å². The molecule has 1 aromatic rings. The molecule has 1 aromatic carbocycles. The second kappa shape index (κ2) is 6.81. The number of hydrogen-bond acceptors (Lipinski definition) is 2. The summed E-state index contributed by atoms with van der Waals surface area (Å²) >= 11 is 8.21. The van der Waals surface area contributed by atoms with E-state index < -0.39 is 0 Å². The number of rotatable bonds is 1. The summed E-state index contributed by atoms with van der Waals surface area (Å²) in [5, 5.41) is 4.22. The average Bonchev–Trinajstić information content (AvgIpc) is 2.71. The van der Waals surface area contributed by atoms with Gasteiger partial charge in [0.1, 0.15) is 0 Å². The zero-order valence-electron chi connectivity index (χ0n) is 10.9. The van der Waals surface area contributed by atoms with Crippen molar-refractivity contribution in [2.75, 3.05) is 13.1 Å². The van der Waals surface area contributed by atoms with Crippen molar-refractivity contribution >= 4 is 52.5 Å². The largest absolute Gasteiger partial charge is 0.337 e. The summed E-state index contributed by atoms with van der Waals surface area (Å²) < 4.78 is 0.967. The van der Waals surface area contributed by atoms with E-state index >= 15 is 0 Å². The molecule has 2 heterocycles. The Labute approximate surface area is 144 Å². The first-order valence-corrected chi connectivity index (χ1v) is 8.09. The predicted octanol–water partition coefficient (Wildman–Crippen LogP) is 3.33. The number of halogens is 3. The van der Waals surface area contributed by atoms with E-state index in [2.05, 4.69) is 27.9 Å². The number of carbonyl (C=O) groups is 1. The number of amides is 1. The predicted molar refractivity (Wildman–Crippen MR) is 91.9 cm³/mol. The highest BCUT2D eigenvalue weighted by atomic mass is 127. The molecule has 0 radical (unpaired) electrons. The molecule has 6 heteroatoms. The molecule has 2 bridgehead atoms. The standard InChI is InChI=1S/C14H16ClIN2O.ClH/c15-9-1-4-13(16)12(7-9)14(19)18-6-5-10-2-3-11(8-18)17-10;/h1,4,7,10-11,17H,2-3,5-6,8H2;1H. The lowest BCUT2D eigenvalue weighted by atomic mass is 10.1. The summed E-state index contributed by atoms with van der Waals surface area (Å²) in [6.45, 7) is 1.66. The lowest BCUT2D eigenvalue weighted by Crippen LogP contribution is -2.39. The number of nitrogens with one attached hydrogen (secondary N) is 1. The fraction of sp³-hybridized carbons (Fsp3) is 0.500. The van der Waals surface area contributed by atoms with E-state index in [0.29, 0.717) is 17.1 Å². The zero-order valence-corrected chi connectivity index (χ0v) is 14.7. The minimum atomic E-state index is 0. The number of carbonyl (C=O) groups excluding carboxylic acids is 1. The van der Waals surface area contributed by atoms with Crippen LogP contribution in [0.2, 0.25) is 5.02 Å². The molecule has 1 amide bonds. The second-order valence-corrected chi connectivity index (χ2v) is 6.90. The fourth-order valence-corrected chi connectivity index (χ4v) is 3.70. The molecule has 0 saturated carbocycles. The van der Waals surface area contributed by atoms with Crippen molar-refractivity contribution in [3.05, 3.63) is 32.4 Å². The van der Waals surface area contributed by atoms with Gasteiger partial charge < -0.3 is 10.2 Å². The minimum Gasteiger partial charge on any atom is -0.337 e. The molecule has 2 fully saturated rings. The molecule has 2 unspecified atom stereocenters. The maximum atomic E-state index is 12.6. The van der Waals surface area contributed by atoms with Gasteiger partial charge in [-0.15, -0.1) is 12.4 Å². The number of nitrogens with zero attached hydrogens (tertiary/aromatic N) is 1. The van der Waals surface area contributed by atoms with Gasteiger partial charge in [-0.25, -0.2) is 0 Å². The highest BCUT2D eigenvalue weighted by molar-refractivity contribution is 14.1. The minimum absolute atomic E-state index is 0. The van der Waals surface area contributed by atoms with Gasteiger partial charge in [0, 0.05) is 33.8 Å². The second-order valence-electron chi connectivity index (χ2n) is 5.30. The molecule has 2 saturated heterocycles. The van der Waals surface area contributed by atoms with Crippen molar-refractivity contribution in [2.45, 2.75) is 31.3 Å². The van der Waals surface area contributed by atoms with Crippen molar-refractivity contribution in [3.63, 3.8) is 0 Å². The molecule has 20 heavy (non-hydrogen) atoms. The normalized spacial score (nSPS) is 25.0. The zero-order chi connectivity index (χ0) is 13.4. The number of hydrogen-bond donors (Lipinski definition) is 1. The van der Waals surface area contributed by atoms with Gasteiger partial charge in [0.2, 0.25) is 0 Å². The maximum Gasteiger partial charge on any atom is 0.255 e. The van der Waals surface area contributed by atoms with Crippen molar-refractivity contribution in [1.29, 1.82) is 0 Å². The first-order chi connectivity index (χ1) is 9.13. The van der Waals surface area contributed by atoms with Crippen LogP contribution in [0, 0.1) is 3.57 Å². The molecule has 2 atom stereocenters. The molecule has 1 N–H and O–H groups in total. The SMILES string of the molecule is Cl.O=C(c1cc(Cl)ccc1I)N1CCC2CCC(C1)N2. The van der Waals surface area contributed by atoms with E-state index in [9.17, 15) is 4.79 Å². The van der Waals surface area contributed by atoms with Gasteiger partial charge in [-0.1, -0.05) is 11.6 Å². The molecule has 0 aromatic heterocycles. The Morgan fingerprint density at radius 2 is 2.05 bits per heavy atom. The molecule has 2 aliphatic heterocycles. The molecule has 3 rings (SSSR count). The van der Waals surface area contributed by atoms with Crippen LogP contribution in [0.4, 0.5) is 0 Å². The number of fused-ring (bicyclic) bond motifs is 2. The Bertz CT molecular complexity index is 512. The van der Waals surface area contributed by atoms with Crippen LogP contribution in [-0.2, 0) is 0 Å². The Balaban J connectivity index is 0.00000147. The van der Waals surface area contributed by atoms with Crippen molar-refractivity contribution in [1.82, 2.24) is 10.2 Å². The van der Waals surface area contributed by atoms with Gasteiger partial charge >= 0.3 is 0 Å². The summed E-state index contributed by atoms with van der Waals surface area (Å²) in [5.74, 6) is 0.112. The van der Waals surface area contributed by atoms with E-state index in [-0.39, 0.29) is 18.3 Å². The van der Waals surface area contributed by atoms with Crippen LogP contribution in [0.1, 0.15) is 29.6 Å². The molecule has 0 spiro atoms. The molecule has 110 valence electrons. The molecular weight excluding hydrogens is 410 g/mol. The van der Waals surface area contributed by atoms with Gasteiger partial charge in [0.05, 0.1) is 5.56 Å². The molecular formula is C14H17Cl2IN2O. The van der Waals surface area contributed by atoms with Crippen LogP contribution in [0.5, 0.6) is 0 Å². The summed E-state index contributed by atoms with van der Waals surface area (Å²) in [7, 11) is 0. The van der Waals surface area contributed by atoms with Crippen LogP contribution in [-0.4, -0.2) is 36.0 Å². The van der Waals surface area contributed by atoms with Crippen LogP contribution in [0.3, 0.4) is 0 Å². The summed E-state index contributed by atoms with van der Waals surface area (Å²) in [6, 6.07) is 6.57. The Kier molecular flexibility index (Phi) is 5.56. The van der Waals surface area contributed by atoms with Crippen molar-refractivity contribution in [2.24, 2.45) is 0 Å². The topological polar surface area (TPSA) is 32.3 Å². The first-order valence-electron chi connectivity index (χ1n) is 6.64. The smallest absolute Gasteiger partial charge is 0.255 e. The Morgan fingerprint density at radius 3 is 2.85 bits per heavy atom. The van der Waals surface area contributed by atoms with Gasteiger partial charge in [0.25, 0.3) is 5.91 Å². The van der Waals surface area contributed by atoms with Crippen molar-refractivity contribution in [3.8, 4) is 0 Å². The maximum absolute atomic E-state index is 12.6. The fourth-order valence-electron chi connectivity index (χ4n) is 2.96. The van der Waals surface area contributed by atoms with E-state index in [1.807, 2.05) is 17.0 Å². The van der Waals surface area contributed by atoms with Gasteiger partial charge in [-0.2, -0.15) is 0 Å². The molecule has 0 aliphatic carbocycles. The highest BCUT2D eigenvalue weighted by Crippen LogP contribution is 2.24.